The number of ether oxygens (including phenoxy) is 2. The van der Waals surface area contributed by atoms with Crippen molar-refractivity contribution < 1.29 is 14.3 Å². The number of nitrogens with zero attached hydrogens (tertiary/aromatic N) is 2. The highest BCUT2D eigenvalue weighted by molar-refractivity contribution is 6.33. The third kappa shape index (κ3) is 5.58. The van der Waals surface area contributed by atoms with Gasteiger partial charge in [-0.05, 0) is 31.5 Å². The Labute approximate surface area is 151 Å². The smallest absolute Gasteiger partial charge is 0.337 e. The Hall–Kier alpha value is -2.38. The number of esters is 1. The van der Waals surface area contributed by atoms with Crippen LogP contribution < -0.4 is 10.6 Å². The molecule has 0 unspecified atom stereocenters. The summed E-state index contributed by atoms with van der Waals surface area (Å²) in [5.41, 5.74) is 1.76. The Morgan fingerprint density at radius 1 is 1.24 bits per heavy atom. The first-order valence-electron chi connectivity index (χ1n) is 7.77. The first-order chi connectivity index (χ1) is 12.0. The zero-order valence-corrected chi connectivity index (χ0v) is 15.2. The third-order valence-corrected chi connectivity index (χ3v) is 3.64. The first-order valence-corrected chi connectivity index (χ1v) is 8.14. The van der Waals surface area contributed by atoms with Crippen LogP contribution in [0.3, 0.4) is 0 Å². The van der Waals surface area contributed by atoms with E-state index < -0.39 is 5.97 Å². The molecule has 0 saturated heterocycles. The standard InChI is InChI=1S/C17H21ClN4O3/c1-11-9-15(22-17(20-11)19-7-4-8-24-2)21-14-10-12(16(23)25-3)5-6-13(14)18/h5-6,9-10H,4,7-8H2,1-3H3,(H2,19,20,21,22). The number of halogens is 1. The molecule has 2 rings (SSSR count). The molecule has 134 valence electrons. The molecule has 0 saturated carbocycles. The Kier molecular flexibility index (Phi) is 6.97. The minimum Gasteiger partial charge on any atom is -0.465 e. The van der Waals surface area contributed by atoms with Crippen molar-refractivity contribution in [2.24, 2.45) is 0 Å². The number of aromatic nitrogens is 2. The largest absolute Gasteiger partial charge is 0.465 e. The van der Waals surface area contributed by atoms with E-state index in [0.717, 1.165) is 12.1 Å². The van der Waals surface area contributed by atoms with Crippen LogP contribution >= 0.6 is 11.6 Å². The van der Waals surface area contributed by atoms with Crippen molar-refractivity contribution in [2.45, 2.75) is 13.3 Å². The van der Waals surface area contributed by atoms with Crippen LogP contribution in [0.5, 0.6) is 0 Å². The van der Waals surface area contributed by atoms with Gasteiger partial charge in [0, 0.05) is 32.0 Å². The summed E-state index contributed by atoms with van der Waals surface area (Å²) in [5.74, 6) is 0.656. The average molecular weight is 365 g/mol. The molecule has 1 aromatic heterocycles. The van der Waals surface area contributed by atoms with Gasteiger partial charge in [-0.25, -0.2) is 9.78 Å². The number of rotatable bonds is 8. The van der Waals surface area contributed by atoms with Gasteiger partial charge in [-0.3, -0.25) is 0 Å². The highest BCUT2D eigenvalue weighted by Gasteiger charge is 2.10. The van der Waals surface area contributed by atoms with Crippen molar-refractivity contribution in [3.63, 3.8) is 0 Å². The van der Waals surface area contributed by atoms with Gasteiger partial charge in [-0.2, -0.15) is 4.98 Å². The molecular formula is C17H21ClN4O3. The Balaban J connectivity index is 2.16. The summed E-state index contributed by atoms with van der Waals surface area (Å²) in [7, 11) is 3.00. The molecule has 0 spiro atoms. The maximum absolute atomic E-state index is 11.7. The SMILES string of the molecule is COCCCNc1nc(C)cc(Nc2cc(C(=O)OC)ccc2Cl)n1. The number of carbonyl (C=O) groups is 1. The second-order valence-electron chi connectivity index (χ2n) is 5.30. The lowest BCUT2D eigenvalue weighted by atomic mass is 10.2. The lowest BCUT2D eigenvalue weighted by Gasteiger charge is -2.12. The summed E-state index contributed by atoms with van der Waals surface area (Å²) in [4.78, 5) is 20.4. The molecule has 2 N–H and O–H groups in total. The summed E-state index contributed by atoms with van der Waals surface area (Å²) in [6.45, 7) is 3.24. The number of carbonyl (C=O) groups excluding carboxylic acids is 1. The molecule has 7 nitrogen and oxygen atoms in total. The van der Waals surface area contributed by atoms with Gasteiger partial charge in [0.25, 0.3) is 0 Å². The van der Waals surface area contributed by atoms with E-state index in [-0.39, 0.29) is 0 Å². The minimum absolute atomic E-state index is 0.401. The van der Waals surface area contributed by atoms with E-state index in [1.165, 1.54) is 7.11 Å². The zero-order valence-electron chi connectivity index (χ0n) is 14.4. The van der Waals surface area contributed by atoms with E-state index in [1.807, 2.05) is 6.92 Å². The van der Waals surface area contributed by atoms with Crippen LogP contribution in [0.25, 0.3) is 0 Å². The van der Waals surface area contributed by atoms with Gasteiger partial charge in [0.05, 0.1) is 23.4 Å². The van der Waals surface area contributed by atoms with Crippen molar-refractivity contribution in [2.75, 3.05) is 38.0 Å². The molecule has 1 aromatic carbocycles. The fourth-order valence-corrected chi connectivity index (χ4v) is 2.30. The highest BCUT2D eigenvalue weighted by Crippen LogP contribution is 2.26. The van der Waals surface area contributed by atoms with Crippen molar-refractivity contribution in [1.29, 1.82) is 0 Å². The molecule has 0 aliphatic carbocycles. The van der Waals surface area contributed by atoms with E-state index in [4.69, 9.17) is 21.1 Å². The number of aryl methyl sites for hydroxylation is 1. The molecule has 0 atom stereocenters. The monoisotopic (exact) mass is 364 g/mol. The number of hydrogen-bond donors (Lipinski definition) is 2. The second kappa shape index (κ2) is 9.19. The van der Waals surface area contributed by atoms with Crippen molar-refractivity contribution in [3.05, 3.63) is 40.5 Å². The van der Waals surface area contributed by atoms with Crippen molar-refractivity contribution >= 4 is 35.0 Å². The van der Waals surface area contributed by atoms with E-state index in [9.17, 15) is 4.79 Å². The van der Waals surface area contributed by atoms with E-state index in [0.29, 0.717) is 41.2 Å². The van der Waals surface area contributed by atoms with E-state index in [2.05, 4.69) is 20.6 Å². The molecule has 1 heterocycles. The van der Waals surface area contributed by atoms with Crippen LogP contribution in [-0.2, 0) is 9.47 Å². The fourth-order valence-electron chi connectivity index (χ4n) is 2.13. The van der Waals surface area contributed by atoms with Gasteiger partial charge in [0.1, 0.15) is 5.82 Å². The number of methoxy groups -OCH3 is 2. The van der Waals surface area contributed by atoms with Gasteiger partial charge >= 0.3 is 5.97 Å². The van der Waals surface area contributed by atoms with Gasteiger partial charge in [0.2, 0.25) is 5.95 Å². The Morgan fingerprint density at radius 3 is 2.76 bits per heavy atom. The number of hydrogen-bond acceptors (Lipinski definition) is 7. The summed E-state index contributed by atoms with van der Waals surface area (Å²) in [5, 5.41) is 6.74. The molecular weight excluding hydrogens is 344 g/mol. The Bertz CT molecular complexity index is 740. The summed E-state index contributed by atoms with van der Waals surface area (Å²) in [6.07, 6.45) is 0.851. The lowest BCUT2D eigenvalue weighted by molar-refractivity contribution is 0.0601. The van der Waals surface area contributed by atoms with Crippen LogP contribution in [-0.4, -0.2) is 43.3 Å². The van der Waals surface area contributed by atoms with Crippen molar-refractivity contribution in [1.82, 2.24) is 9.97 Å². The molecule has 0 fully saturated rings. The van der Waals surface area contributed by atoms with Gasteiger partial charge in [-0.1, -0.05) is 11.6 Å². The van der Waals surface area contributed by atoms with Gasteiger partial charge in [0.15, 0.2) is 0 Å². The van der Waals surface area contributed by atoms with Crippen molar-refractivity contribution in [3.8, 4) is 0 Å². The predicted octanol–water partition coefficient (Wildman–Crippen LogP) is 3.42. The summed E-state index contributed by atoms with van der Waals surface area (Å²) in [6, 6.07) is 6.65. The second-order valence-corrected chi connectivity index (χ2v) is 5.71. The van der Waals surface area contributed by atoms with E-state index >= 15 is 0 Å². The highest BCUT2D eigenvalue weighted by atomic mass is 35.5. The Morgan fingerprint density at radius 2 is 2.04 bits per heavy atom. The predicted molar refractivity (Wildman–Crippen MR) is 97.8 cm³/mol. The maximum Gasteiger partial charge on any atom is 0.337 e. The van der Waals surface area contributed by atoms with Crippen LogP contribution in [0.2, 0.25) is 5.02 Å². The molecule has 0 aliphatic heterocycles. The molecule has 0 radical (unpaired) electrons. The quantitative estimate of drug-likeness (QED) is 0.548. The normalized spacial score (nSPS) is 10.4. The topological polar surface area (TPSA) is 85.4 Å². The van der Waals surface area contributed by atoms with Crippen LogP contribution in [0.4, 0.5) is 17.5 Å². The maximum atomic E-state index is 11.7. The minimum atomic E-state index is -0.431. The zero-order chi connectivity index (χ0) is 18.2. The fraction of sp³-hybridized carbons (Fsp3) is 0.353. The molecule has 0 aliphatic rings. The molecule has 0 amide bonds. The average Bonchev–Trinajstić information content (AvgIpc) is 2.59. The lowest BCUT2D eigenvalue weighted by Crippen LogP contribution is -2.09. The molecule has 8 heteroatoms. The van der Waals surface area contributed by atoms with Crippen LogP contribution in [0.1, 0.15) is 22.5 Å². The third-order valence-electron chi connectivity index (χ3n) is 3.31. The van der Waals surface area contributed by atoms with Gasteiger partial charge < -0.3 is 20.1 Å². The first kappa shape index (κ1) is 19.0. The van der Waals surface area contributed by atoms with Crippen LogP contribution in [0, 0.1) is 6.92 Å². The number of nitrogens with one attached hydrogen (secondary N) is 2. The molecule has 0 bridgehead atoms. The van der Waals surface area contributed by atoms with Crippen LogP contribution in [0.15, 0.2) is 24.3 Å². The summed E-state index contributed by atoms with van der Waals surface area (Å²) >= 11 is 6.20. The van der Waals surface area contributed by atoms with E-state index in [1.54, 1.807) is 31.4 Å². The molecule has 25 heavy (non-hydrogen) atoms. The molecule has 2 aromatic rings. The summed E-state index contributed by atoms with van der Waals surface area (Å²) < 4.78 is 9.74. The van der Waals surface area contributed by atoms with Gasteiger partial charge in [-0.15, -0.1) is 0 Å². The number of benzene rings is 1. The number of anilines is 3.